The van der Waals surface area contributed by atoms with Crippen molar-refractivity contribution in [2.75, 3.05) is 5.75 Å². The van der Waals surface area contributed by atoms with Crippen molar-refractivity contribution in [2.45, 2.75) is 11.4 Å². The molecule has 15 heavy (non-hydrogen) atoms. The largest absolute Gasteiger partial charge is 0.481 e. The Morgan fingerprint density at radius 3 is 3.20 bits per heavy atom. The van der Waals surface area contributed by atoms with Crippen LogP contribution in [0.2, 0.25) is 0 Å². The number of hydrogen-bond acceptors (Lipinski definition) is 5. The molecule has 0 amide bonds. The number of aromatic nitrogens is 2. The van der Waals surface area contributed by atoms with E-state index in [1.807, 2.05) is 11.4 Å². The van der Waals surface area contributed by atoms with Crippen molar-refractivity contribution in [1.82, 2.24) is 9.97 Å². The molecule has 4 nitrogen and oxygen atoms in total. The van der Waals surface area contributed by atoms with Gasteiger partial charge in [0.2, 0.25) is 0 Å². The predicted octanol–water partition coefficient (Wildman–Crippen LogP) is 2.26. The Morgan fingerprint density at radius 1 is 1.53 bits per heavy atom. The number of aliphatic carboxylic acids is 1. The van der Waals surface area contributed by atoms with Gasteiger partial charge in [0, 0.05) is 11.1 Å². The van der Waals surface area contributed by atoms with E-state index in [9.17, 15) is 4.79 Å². The van der Waals surface area contributed by atoms with Crippen LogP contribution in [0.5, 0.6) is 0 Å². The molecule has 0 aliphatic heterocycles. The first-order chi connectivity index (χ1) is 7.27. The van der Waals surface area contributed by atoms with E-state index >= 15 is 0 Å². The zero-order valence-electron chi connectivity index (χ0n) is 7.71. The molecule has 1 N–H and O–H groups in total. The summed E-state index contributed by atoms with van der Waals surface area (Å²) < 4.78 is 0. The Morgan fingerprint density at radius 2 is 2.40 bits per heavy atom. The molecule has 0 spiro atoms. The third-order valence-electron chi connectivity index (χ3n) is 1.78. The van der Waals surface area contributed by atoms with Gasteiger partial charge in [-0.2, -0.15) is 0 Å². The van der Waals surface area contributed by atoms with Gasteiger partial charge >= 0.3 is 5.97 Å². The molecule has 2 rings (SSSR count). The van der Waals surface area contributed by atoms with Crippen LogP contribution in [0.3, 0.4) is 0 Å². The van der Waals surface area contributed by atoms with Gasteiger partial charge in [-0.1, -0.05) is 0 Å². The van der Waals surface area contributed by atoms with Gasteiger partial charge < -0.3 is 5.11 Å². The Labute approximate surface area is 94.4 Å². The molecule has 0 atom stereocenters. The lowest BCUT2D eigenvalue weighted by molar-refractivity contribution is -0.136. The molecule has 6 heteroatoms. The molecule has 0 aliphatic carbocycles. The summed E-state index contributed by atoms with van der Waals surface area (Å²) in [5.74, 6) is -0.241. The summed E-state index contributed by atoms with van der Waals surface area (Å²) in [5, 5.41) is 12.4. The molecule has 0 aliphatic rings. The number of fused-ring (bicyclic) bond motifs is 1. The van der Waals surface area contributed by atoms with Crippen molar-refractivity contribution in [3.05, 3.63) is 17.8 Å². The average Bonchev–Trinajstić information content (AvgIpc) is 2.65. The van der Waals surface area contributed by atoms with E-state index in [0.717, 1.165) is 15.2 Å². The van der Waals surface area contributed by atoms with E-state index in [0.29, 0.717) is 5.75 Å². The molecule has 78 valence electrons. The summed E-state index contributed by atoms with van der Waals surface area (Å²) in [6.07, 6.45) is 1.67. The van der Waals surface area contributed by atoms with E-state index in [1.54, 1.807) is 11.3 Å². The lowest BCUT2D eigenvalue weighted by Crippen LogP contribution is -1.96. The average molecular weight is 240 g/mol. The van der Waals surface area contributed by atoms with Gasteiger partial charge in [0.05, 0.1) is 6.42 Å². The van der Waals surface area contributed by atoms with Crippen LogP contribution in [0.15, 0.2) is 22.8 Å². The van der Waals surface area contributed by atoms with Crippen molar-refractivity contribution in [3.8, 4) is 0 Å². The van der Waals surface area contributed by atoms with Crippen LogP contribution in [0.4, 0.5) is 0 Å². The normalized spacial score (nSPS) is 10.7. The van der Waals surface area contributed by atoms with Crippen molar-refractivity contribution in [1.29, 1.82) is 0 Å². The van der Waals surface area contributed by atoms with Crippen LogP contribution >= 0.6 is 23.1 Å². The monoisotopic (exact) mass is 240 g/mol. The maximum absolute atomic E-state index is 10.4. The van der Waals surface area contributed by atoms with Gasteiger partial charge in [-0.15, -0.1) is 23.1 Å². The maximum atomic E-state index is 10.4. The van der Waals surface area contributed by atoms with Gasteiger partial charge in [-0.3, -0.25) is 4.79 Å². The third kappa shape index (κ3) is 2.45. The highest BCUT2D eigenvalue weighted by Crippen LogP contribution is 2.27. The second kappa shape index (κ2) is 4.59. The molecule has 0 fully saturated rings. The second-order valence-corrected chi connectivity index (χ2v) is 4.79. The van der Waals surface area contributed by atoms with Gasteiger partial charge in [0.1, 0.15) is 16.2 Å². The van der Waals surface area contributed by atoms with Gasteiger partial charge in [-0.05, 0) is 11.4 Å². The third-order valence-corrected chi connectivity index (χ3v) is 3.61. The number of carboxylic acids is 1. The number of carbonyl (C=O) groups is 1. The molecule has 2 heterocycles. The fraction of sp³-hybridized carbons (Fsp3) is 0.222. The first-order valence-corrected chi connectivity index (χ1v) is 6.16. The molecule has 2 aromatic heterocycles. The molecule has 0 saturated heterocycles. The van der Waals surface area contributed by atoms with Crippen molar-refractivity contribution in [3.63, 3.8) is 0 Å². The van der Waals surface area contributed by atoms with Crippen molar-refractivity contribution < 1.29 is 9.90 Å². The molecule has 0 unspecified atom stereocenters. The van der Waals surface area contributed by atoms with Gasteiger partial charge in [0.15, 0.2) is 0 Å². The highest BCUT2D eigenvalue weighted by molar-refractivity contribution is 7.99. The number of nitrogens with zero attached hydrogens (tertiary/aromatic N) is 2. The summed E-state index contributed by atoms with van der Waals surface area (Å²) in [6, 6.07) is 1.96. The Kier molecular flexibility index (Phi) is 3.17. The summed E-state index contributed by atoms with van der Waals surface area (Å²) >= 11 is 3.02. The van der Waals surface area contributed by atoms with E-state index in [4.69, 9.17) is 5.11 Å². The van der Waals surface area contributed by atoms with Gasteiger partial charge in [-0.25, -0.2) is 9.97 Å². The summed E-state index contributed by atoms with van der Waals surface area (Å²) in [7, 11) is 0. The summed E-state index contributed by atoms with van der Waals surface area (Å²) in [6.45, 7) is 0. The number of rotatable bonds is 4. The Bertz CT molecular complexity index is 484. The zero-order valence-corrected chi connectivity index (χ0v) is 9.35. The lowest BCUT2D eigenvalue weighted by Gasteiger charge is -1.99. The van der Waals surface area contributed by atoms with Crippen LogP contribution in [-0.4, -0.2) is 26.8 Å². The number of thioether (sulfide) groups is 1. The molecular weight excluding hydrogens is 232 g/mol. The minimum atomic E-state index is -0.780. The Balaban J connectivity index is 2.13. The summed E-state index contributed by atoms with van der Waals surface area (Å²) in [4.78, 5) is 19.6. The fourth-order valence-corrected chi connectivity index (χ4v) is 2.83. The molecular formula is C9H8N2O2S2. The standard InChI is InChI=1S/C9H8N2O2S2/c12-7(13)2-4-15-9-6-1-3-14-8(6)10-5-11-9/h1,3,5H,2,4H2,(H,12,13). The molecule has 0 aromatic carbocycles. The first kappa shape index (κ1) is 10.4. The topological polar surface area (TPSA) is 63.1 Å². The van der Waals surface area contributed by atoms with E-state index in [2.05, 4.69) is 9.97 Å². The molecule has 0 saturated carbocycles. The highest BCUT2D eigenvalue weighted by Gasteiger charge is 2.05. The van der Waals surface area contributed by atoms with Gasteiger partial charge in [0.25, 0.3) is 0 Å². The minimum Gasteiger partial charge on any atom is -0.481 e. The number of thiophene rings is 1. The van der Waals surface area contributed by atoms with E-state index < -0.39 is 5.97 Å². The smallest absolute Gasteiger partial charge is 0.304 e. The maximum Gasteiger partial charge on any atom is 0.304 e. The number of hydrogen-bond donors (Lipinski definition) is 1. The summed E-state index contributed by atoms with van der Waals surface area (Å²) in [5.41, 5.74) is 0. The van der Waals surface area contributed by atoms with Crippen molar-refractivity contribution >= 4 is 39.3 Å². The minimum absolute atomic E-state index is 0.153. The van der Waals surface area contributed by atoms with Crippen LogP contribution in [0, 0.1) is 0 Å². The van der Waals surface area contributed by atoms with Crippen LogP contribution in [0.25, 0.3) is 10.2 Å². The molecule has 0 bridgehead atoms. The highest BCUT2D eigenvalue weighted by atomic mass is 32.2. The molecule has 2 aromatic rings. The zero-order chi connectivity index (χ0) is 10.7. The van der Waals surface area contributed by atoms with Crippen molar-refractivity contribution in [2.24, 2.45) is 0 Å². The number of carboxylic acid groups (broad SMARTS) is 1. The predicted molar refractivity (Wildman–Crippen MR) is 60.4 cm³/mol. The van der Waals surface area contributed by atoms with E-state index in [-0.39, 0.29) is 6.42 Å². The molecule has 0 radical (unpaired) electrons. The quantitative estimate of drug-likeness (QED) is 0.656. The SMILES string of the molecule is O=C(O)CCSc1ncnc2sccc12. The lowest BCUT2D eigenvalue weighted by atomic mass is 10.4. The first-order valence-electron chi connectivity index (χ1n) is 4.30. The van der Waals surface area contributed by atoms with Crippen LogP contribution < -0.4 is 0 Å². The van der Waals surface area contributed by atoms with Crippen LogP contribution in [0.1, 0.15) is 6.42 Å². The van der Waals surface area contributed by atoms with E-state index in [1.165, 1.54) is 18.1 Å². The second-order valence-electron chi connectivity index (χ2n) is 2.81. The van der Waals surface area contributed by atoms with Crippen LogP contribution in [-0.2, 0) is 4.79 Å². The fourth-order valence-electron chi connectivity index (χ4n) is 1.12. The Hall–Kier alpha value is -1.14.